The van der Waals surface area contributed by atoms with Crippen molar-refractivity contribution in [3.8, 4) is 17.1 Å². The monoisotopic (exact) mass is 485 g/mol. The number of benzene rings is 2. The quantitative estimate of drug-likeness (QED) is 0.490. The summed E-state index contributed by atoms with van der Waals surface area (Å²) < 4.78 is 44.6. The Kier molecular flexibility index (Phi) is 6.33. The van der Waals surface area contributed by atoms with Crippen LogP contribution < -0.4 is 21.5 Å². The number of halogens is 3. The van der Waals surface area contributed by atoms with E-state index in [0.717, 1.165) is 23.3 Å². The fourth-order valence-electron chi connectivity index (χ4n) is 3.85. The summed E-state index contributed by atoms with van der Waals surface area (Å²) in [5.74, 6) is -0.643. The maximum absolute atomic E-state index is 12.9. The summed E-state index contributed by atoms with van der Waals surface area (Å²) in [5.41, 5.74) is 12.0. The topological polar surface area (TPSA) is 133 Å². The molecule has 11 heteroatoms. The summed E-state index contributed by atoms with van der Waals surface area (Å²) in [6.07, 6.45) is -3.80. The largest absolute Gasteiger partial charge is 0.493 e. The van der Waals surface area contributed by atoms with Crippen molar-refractivity contribution in [3.05, 3.63) is 70.9 Å². The Balaban J connectivity index is 1.68. The number of nitrogens with zero attached hydrogens (tertiary/aromatic N) is 2. The van der Waals surface area contributed by atoms with E-state index in [4.69, 9.17) is 16.2 Å². The van der Waals surface area contributed by atoms with Crippen LogP contribution in [0, 0.1) is 0 Å². The lowest BCUT2D eigenvalue weighted by atomic mass is 9.86. The Morgan fingerprint density at radius 2 is 1.80 bits per heavy atom. The minimum absolute atomic E-state index is 0.0598. The highest BCUT2D eigenvalue weighted by Crippen LogP contribution is 2.40. The van der Waals surface area contributed by atoms with Gasteiger partial charge in [0, 0.05) is 23.1 Å². The summed E-state index contributed by atoms with van der Waals surface area (Å²) in [6.45, 7) is 1.91. The van der Waals surface area contributed by atoms with Gasteiger partial charge in [0.2, 0.25) is 5.91 Å². The second-order valence-corrected chi connectivity index (χ2v) is 8.16. The number of ether oxygens (including phenoxy) is 1. The molecule has 5 N–H and O–H groups in total. The second-order valence-electron chi connectivity index (χ2n) is 8.16. The van der Waals surface area contributed by atoms with E-state index in [2.05, 4.69) is 15.3 Å². The van der Waals surface area contributed by atoms with Crippen molar-refractivity contribution in [2.24, 2.45) is 11.5 Å². The van der Waals surface area contributed by atoms with Gasteiger partial charge in [0.1, 0.15) is 23.3 Å². The molecule has 3 aromatic rings. The molecule has 1 aliphatic rings. The van der Waals surface area contributed by atoms with Crippen LogP contribution in [0.5, 0.6) is 5.75 Å². The van der Waals surface area contributed by atoms with Gasteiger partial charge in [-0.1, -0.05) is 24.3 Å². The number of hydrogen-bond donors (Lipinski definition) is 3. The number of aromatic nitrogens is 2. The molecule has 2 aromatic carbocycles. The molecule has 2 atom stereocenters. The molecule has 1 aromatic heterocycles. The zero-order chi connectivity index (χ0) is 25.3. The molecule has 0 saturated heterocycles. The molecule has 2 amide bonds. The number of nitrogens with two attached hydrogens (primary N) is 2. The standard InChI is InChI=1S/C24H22F3N5O3/c1-12(21(28)33)30-20-11-18(22(29)34)31-23(32-20)14-4-7-17-16(8-9-35-19(17)10-14)13-2-5-15(6-3-13)24(25,26)27/h2-7,10-12,16H,8-9H2,1H3,(H2,28,33)(H2,29,34)(H,30,31,32)/t12-,16?/m0/s1. The van der Waals surface area contributed by atoms with Gasteiger partial charge in [-0.3, -0.25) is 9.59 Å². The van der Waals surface area contributed by atoms with E-state index in [0.29, 0.717) is 24.3 Å². The zero-order valence-electron chi connectivity index (χ0n) is 18.6. The van der Waals surface area contributed by atoms with Crippen LogP contribution in [0.4, 0.5) is 19.0 Å². The van der Waals surface area contributed by atoms with E-state index >= 15 is 0 Å². The predicted octanol–water partition coefficient (Wildman–Crippen LogP) is 3.46. The van der Waals surface area contributed by atoms with E-state index in [1.165, 1.54) is 18.2 Å². The van der Waals surface area contributed by atoms with Crippen LogP contribution in [0.15, 0.2) is 48.5 Å². The summed E-state index contributed by atoms with van der Waals surface area (Å²) in [4.78, 5) is 31.8. The van der Waals surface area contributed by atoms with Crippen LogP contribution in [0.25, 0.3) is 11.4 Å². The van der Waals surface area contributed by atoms with E-state index < -0.39 is 29.6 Å². The molecular weight excluding hydrogens is 463 g/mol. The van der Waals surface area contributed by atoms with Crippen LogP contribution in [0.3, 0.4) is 0 Å². The Bertz CT molecular complexity index is 1280. The molecule has 0 saturated carbocycles. The lowest BCUT2D eigenvalue weighted by molar-refractivity contribution is -0.137. The molecule has 35 heavy (non-hydrogen) atoms. The predicted molar refractivity (Wildman–Crippen MR) is 122 cm³/mol. The van der Waals surface area contributed by atoms with Crippen molar-refractivity contribution < 1.29 is 27.5 Å². The van der Waals surface area contributed by atoms with Gasteiger partial charge in [-0.25, -0.2) is 9.97 Å². The molecule has 0 radical (unpaired) electrons. The van der Waals surface area contributed by atoms with Gasteiger partial charge in [-0.15, -0.1) is 0 Å². The molecule has 0 bridgehead atoms. The third-order valence-corrected chi connectivity index (χ3v) is 5.72. The second kappa shape index (κ2) is 9.24. The minimum atomic E-state index is -4.40. The third-order valence-electron chi connectivity index (χ3n) is 5.72. The smallest absolute Gasteiger partial charge is 0.416 e. The summed E-state index contributed by atoms with van der Waals surface area (Å²) >= 11 is 0. The van der Waals surface area contributed by atoms with Crippen molar-refractivity contribution in [1.82, 2.24) is 9.97 Å². The fourth-order valence-corrected chi connectivity index (χ4v) is 3.85. The third kappa shape index (κ3) is 5.18. The van der Waals surface area contributed by atoms with Gasteiger partial charge in [-0.2, -0.15) is 13.2 Å². The molecule has 1 unspecified atom stereocenters. The lowest BCUT2D eigenvalue weighted by Crippen LogP contribution is -2.33. The Labute approximate surface area is 198 Å². The molecule has 1 aliphatic heterocycles. The van der Waals surface area contributed by atoms with Crippen molar-refractivity contribution >= 4 is 17.6 Å². The molecule has 0 aliphatic carbocycles. The van der Waals surface area contributed by atoms with Crippen LogP contribution in [0.2, 0.25) is 0 Å². The number of carbonyl (C=O) groups is 2. The maximum Gasteiger partial charge on any atom is 0.416 e. The molecule has 2 heterocycles. The van der Waals surface area contributed by atoms with E-state index in [1.807, 2.05) is 0 Å². The Hall–Kier alpha value is -4.15. The SMILES string of the molecule is C[C@H](Nc1cc(C(N)=O)nc(-c2ccc3c(c2)OCCC3c2ccc(C(F)(F)F)cc2)n1)C(N)=O. The lowest BCUT2D eigenvalue weighted by Gasteiger charge is -2.27. The van der Waals surface area contributed by atoms with Gasteiger partial charge >= 0.3 is 6.18 Å². The normalized spacial score (nSPS) is 16.1. The van der Waals surface area contributed by atoms with E-state index in [1.54, 1.807) is 25.1 Å². The summed E-state index contributed by atoms with van der Waals surface area (Å²) in [5, 5.41) is 2.81. The molecule has 0 spiro atoms. The number of rotatable bonds is 6. The van der Waals surface area contributed by atoms with Crippen molar-refractivity contribution in [1.29, 1.82) is 0 Å². The molecular formula is C24H22F3N5O3. The highest BCUT2D eigenvalue weighted by atomic mass is 19.4. The van der Waals surface area contributed by atoms with E-state index in [9.17, 15) is 22.8 Å². The van der Waals surface area contributed by atoms with Gasteiger partial charge < -0.3 is 21.5 Å². The first kappa shape index (κ1) is 24.0. The highest BCUT2D eigenvalue weighted by molar-refractivity contribution is 5.92. The molecule has 182 valence electrons. The van der Waals surface area contributed by atoms with Crippen molar-refractivity contribution in [2.75, 3.05) is 11.9 Å². The van der Waals surface area contributed by atoms with Gasteiger partial charge in [0.05, 0.1) is 12.2 Å². The summed E-state index contributed by atoms with van der Waals surface area (Å²) in [6, 6.07) is 10.9. The van der Waals surface area contributed by atoms with Gasteiger partial charge in [0.25, 0.3) is 5.91 Å². The first-order chi connectivity index (χ1) is 16.5. The van der Waals surface area contributed by atoms with Gasteiger partial charge in [-0.05, 0) is 37.1 Å². The Morgan fingerprint density at radius 3 is 2.43 bits per heavy atom. The average Bonchev–Trinajstić information content (AvgIpc) is 2.82. The first-order valence-electron chi connectivity index (χ1n) is 10.7. The van der Waals surface area contributed by atoms with Gasteiger partial charge in [0.15, 0.2) is 5.82 Å². The number of amides is 2. The maximum atomic E-state index is 12.9. The van der Waals surface area contributed by atoms with Crippen LogP contribution in [-0.4, -0.2) is 34.4 Å². The van der Waals surface area contributed by atoms with Crippen LogP contribution in [-0.2, 0) is 11.0 Å². The number of carbonyl (C=O) groups excluding carboxylic acids is 2. The average molecular weight is 485 g/mol. The highest BCUT2D eigenvalue weighted by Gasteiger charge is 2.31. The van der Waals surface area contributed by atoms with E-state index in [-0.39, 0.29) is 23.3 Å². The number of fused-ring (bicyclic) bond motifs is 1. The number of nitrogens with one attached hydrogen (secondary N) is 1. The number of alkyl halides is 3. The van der Waals surface area contributed by atoms with Crippen LogP contribution in [0.1, 0.15) is 46.4 Å². The summed E-state index contributed by atoms with van der Waals surface area (Å²) in [7, 11) is 0. The number of anilines is 1. The van der Waals surface area contributed by atoms with Crippen molar-refractivity contribution in [3.63, 3.8) is 0 Å². The zero-order valence-corrected chi connectivity index (χ0v) is 18.6. The number of hydrogen-bond acceptors (Lipinski definition) is 6. The first-order valence-corrected chi connectivity index (χ1v) is 10.7. The molecule has 8 nitrogen and oxygen atoms in total. The van der Waals surface area contributed by atoms with Crippen LogP contribution >= 0.6 is 0 Å². The minimum Gasteiger partial charge on any atom is -0.493 e. The fraction of sp³-hybridized carbons (Fsp3) is 0.250. The molecule has 4 rings (SSSR count). The molecule has 0 fully saturated rings. The van der Waals surface area contributed by atoms with Crippen molar-refractivity contribution in [2.45, 2.75) is 31.5 Å². The number of primary amides is 2. The Morgan fingerprint density at radius 1 is 1.09 bits per heavy atom.